The van der Waals surface area contributed by atoms with Gasteiger partial charge >= 0.3 is 5.97 Å². The second-order valence-electron chi connectivity index (χ2n) is 7.77. The first-order valence-corrected chi connectivity index (χ1v) is 10.5. The molecule has 3 aromatic carbocycles. The molecule has 5 rings (SSSR count). The van der Waals surface area contributed by atoms with Gasteiger partial charge in [-0.05, 0) is 42.5 Å². The van der Waals surface area contributed by atoms with Crippen molar-refractivity contribution in [2.75, 3.05) is 14.2 Å². The van der Waals surface area contributed by atoms with Crippen molar-refractivity contribution < 1.29 is 28.5 Å². The van der Waals surface area contributed by atoms with Crippen LogP contribution in [0.15, 0.2) is 72.6 Å². The van der Waals surface area contributed by atoms with Crippen molar-refractivity contribution in [2.45, 2.75) is 0 Å². The van der Waals surface area contributed by atoms with E-state index in [1.165, 1.54) is 20.3 Å². The summed E-state index contributed by atoms with van der Waals surface area (Å²) >= 11 is 0. The van der Waals surface area contributed by atoms with E-state index in [1.807, 2.05) is 42.1 Å². The van der Waals surface area contributed by atoms with Crippen LogP contribution in [0.3, 0.4) is 0 Å². The lowest BCUT2D eigenvalue weighted by molar-refractivity contribution is 0.0734. The highest BCUT2D eigenvalue weighted by Crippen LogP contribution is 2.36. The minimum absolute atomic E-state index is 0.217. The molecule has 0 N–H and O–H groups in total. The van der Waals surface area contributed by atoms with Gasteiger partial charge in [0, 0.05) is 35.8 Å². The third-order valence-corrected chi connectivity index (χ3v) is 5.69. The molecule has 0 atom stereocenters. The van der Waals surface area contributed by atoms with Gasteiger partial charge in [0.25, 0.3) is 0 Å². The molecule has 4 aromatic rings. The van der Waals surface area contributed by atoms with E-state index in [9.17, 15) is 9.59 Å². The van der Waals surface area contributed by atoms with Crippen molar-refractivity contribution in [1.29, 1.82) is 0 Å². The predicted molar refractivity (Wildman–Crippen MR) is 127 cm³/mol. The lowest BCUT2D eigenvalue weighted by Crippen LogP contribution is -2.09. The fourth-order valence-corrected chi connectivity index (χ4v) is 3.99. The Hall–Kier alpha value is -4.52. The summed E-state index contributed by atoms with van der Waals surface area (Å²) in [7, 11) is 4.96. The molecule has 0 saturated carbocycles. The average molecular weight is 455 g/mol. The lowest BCUT2D eigenvalue weighted by Gasteiger charge is -2.09. The maximum Gasteiger partial charge on any atom is 0.343 e. The molecule has 0 saturated heterocycles. The van der Waals surface area contributed by atoms with Gasteiger partial charge in [-0.2, -0.15) is 0 Å². The van der Waals surface area contributed by atoms with Crippen molar-refractivity contribution in [3.63, 3.8) is 0 Å². The van der Waals surface area contributed by atoms with Crippen molar-refractivity contribution in [2.24, 2.45) is 7.05 Å². The smallest absolute Gasteiger partial charge is 0.343 e. The number of aromatic nitrogens is 1. The van der Waals surface area contributed by atoms with E-state index in [1.54, 1.807) is 36.4 Å². The Bertz CT molecular complexity index is 1480. The minimum atomic E-state index is -0.572. The summed E-state index contributed by atoms with van der Waals surface area (Å²) in [6.45, 7) is 0. The Morgan fingerprint density at radius 1 is 0.971 bits per heavy atom. The van der Waals surface area contributed by atoms with Gasteiger partial charge in [-0.25, -0.2) is 4.79 Å². The van der Waals surface area contributed by atoms with Crippen molar-refractivity contribution in [3.8, 4) is 23.0 Å². The van der Waals surface area contributed by atoms with Crippen LogP contribution in [0.1, 0.15) is 26.3 Å². The van der Waals surface area contributed by atoms with E-state index in [0.717, 1.165) is 16.5 Å². The number of para-hydroxylation sites is 1. The van der Waals surface area contributed by atoms with Gasteiger partial charge < -0.3 is 23.5 Å². The number of methoxy groups -OCH3 is 2. The summed E-state index contributed by atoms with van der Waals surface area (Å²) in [5.74, 6) is 0.955. The summed E-state index contributed by atoms with van der Waals surface area (Å²) in [5.41, 5.74) is 2.65. The van der Waals surface area contributed by atoms with Gasteiger partial charge in [0.1, 0.15) is 11.5 Å². The summed E-state index contributed by atoms with van der Waals surface area (Å²) in [4.78, 5) is 25.5. The number of benzene rings is 3. The first kappa shape index (κ1) is 21.3. The topological polar surface area (TPSA) is 76.0 Å². The van der Waals surface area contributed by atoms with Crippen LogP contribution in [-0.2, 0) is 7.05 Å². The molecule has 1 aromatic heterocycles. The second-order valence-corrected chi connectivity index (χ2v) is 7.77. The molecule has 7 heteroatoms. The van der Waals surface area contributed by atoms with Crippen molar-refractivity contribution in [3.05, 3.63) is 89.3 Å². The average Bonchev–Trinajstić information content (AvgIpc) is 3.34. The number of carbonyl (C=O) groups excluding carboxylic acids is 2. The van der Waals surface area contributed by atoms with E-state index in [-0.39, 0.29) is 17.3 Å². The van der Waals surface area contributed by atoms with Crippen molar-refractivity contribution >= 4 is 28.7 Å². The van der Waals surface area contributed by atoms with Gasteiger partial charge in [-0.1, -0.05) is 18.2 Å². The first-order chi connectivity index (χ1) is 16.5. The van der Waals surface area contributed by atoms with Gasteiger partial charge in [-0.15, -0.1) is 0 Å². The van der Waals surface area contributed by atoms with E-state index < -0.39 is 5.97 Å². The Morgan fingerprint density at radius 3 is 2.56 bits per heavy atom. The molecule has 0 amide bonds. The van der Waals surface area contributed by atoms with E-state index in [4.69, 9.17) is 18.9 Å². The van der Waals surface area contributed by atoms with E-state index in [2.05, 4.69) is 0 Å². The zero-order valence-corrected chi connectivity index (χ0v) is 18.8. The van der Waals surface area contributed by atoms with Gasteiger partial charge in [0.05, 0.1) is 25.3 Å². The van der Waals surface area contributed by atoms with Crippen LogP contribution >= 0.6 is 0 Å². The number of ether oxygens (including phenoxy) is 4. The SMILES string of the molecule is COc1ccc(C(=O)Oc2ccc3c(c2)OC(=Cc2cn(C)c4ccccc24)C3=O)cc1OC. The van der Waals surface area contributed by atoms with Crippen LogP contribution in [0.25, 0.3) is 17.0 Å². The van der Waals surface area contributed by atoms with Gasteiger partial charge in [0.15, 0.2) is 17.3 Å². The standard InChI is InChI=1S/C27H21NO6/c1-28-15-17(19-6-4-5-7-21(19)28)13-25-26(29)20-10-9-18(14-23(20)34-25)33-27(30)16-8-11-22(31-2)24(12-16)32-3/h4-15H,1-3H3. The largest absolute Gasteiger partial charge is 0.493 e. The third kappa shape index (κ3) is 3.67. The summed E-state index contributed by atoms with van der Waals surface area (Å²) in [5, 5.41) is 1.02. The van der Waals surface area contributed by atoms with Gasteiger partial charge in [0.2, 0.25) is 5.78 Å². The molecule has 0 fully saturated rings. The minimum Gasteiger partial charge on any atom is -0.493 e. The number of rotatable bonds is 5. The van der Waals surface area contributed by atoms with Crippen LogP contribution in [0, 0.1) is 0 Å². The molecule has 2 heterocycles. The zero-order valence-electron chi connectivity index (χ0n) is 18.8. The monoisotopic (exact) mass is 455 g/mol. The molecule has 1 aliphatic rings. The number of allylic oxidation sites excluding steroid dienone is 1. The molecule has 170 valence electrons. The molecule has 0 radical (unpaired) electrons. The number of nitrogens with zero attached hydrogens (tertiary/aromatic N) is 1. The van der Waals surface area contributed by atoms with E-state index in [0.29, 0.717) is 28.4 Å². The molecule has 0 bridgehead atoms. The second kappa shape index (κ2) is 8.44. The number of aryl methyl sites for hydroxylation is 1. The Labute approximate surface area is 195 Å². The number of fused-ring (bicyclic) bond motifs is 2. The fraction of sp³-hybridized carbons (Fsp3) is 0.111. The summed E-state index contributed by atoms with van der Waals surface area (Å²) in [6.07, 6.45) is 3.69. The lowest BCUT2D eigenvalue weighted by atomic mass is 10.1. The highest BCUT2D eigenvalue weighted by atomic mass is 16.5. The van der Waals surface area contributed by atoms with E-state index >= 15 is 0 Å². The van der Waals surface area contributed by atoms with Crippen LogP contribution in [0.5, 0.6) is 23.0 Å². The van der Waals surface area contributed by atoms with Crippen LogP contribution in [0.2, 0.25) is 0 Å². The maximum absolute atomic E-state index is 12.9. The molecular weight excluding hydrogens is 434 g/mol. The van der Waals surface area contributed by atoms with Gasteiger partial charge in [-0.3, -0.25) is 4.79 Å². The van der Waals surface area contributed by atoms with Crippen LogP contribution < -0.4 is 18.9 Å². The highest BCUT2D eigenvalue weighted by Gasteiger charge is 2.28. The Balaban J connectivity index is 1.39. The Kier molecular flexibility index (Phi) is 5.30. The molecule has 0 aliphatic carbocycles. The quantitative estimate of drug-likeness (QED) is 0.239. The van der Waals surface area contributed by atoms with Crippen molar-refractivity contribution in [1.82, 2.24) is 4.57 Å². The zero-order chi connectivity index (χ0) is 23.8. The molecule has 34 heavy (non-hydrogen) atoms. The molecule has 1 aliphatic heterocycles. The van der Waals surface area contributed by atoms with Crippen LogP contribution in [0.4, 0.5) is 0 Å². The molecular formula is C27H21NO6. The molecule has 0 unspecified atom stereocenters. The number of hydrogen-bond acceptors (Lipinski definition) is 6. The number of Topliss-reactive ketones (excluding diaryl/α,β-unsaturated/α-hetero) is 1. The normalized spacial score (nSPS) is 13.6. The number of esters is 1. The number of hydrogen-bond donors (Lipinski definition) is 0. The summed E-state index contributed by atoms with van der Waals surface area (Å²) < 4.78 is 23.8. The highest BCUT2D eigenvalue weighted by molar-refractivity contribution is 6.15. The number of ketones is 1. The number of carbonyl (C=O) groups is 2. The Morgan fingerprint density at radius 2 is 1.76 bits per heavy atom. The fourth-order valence-electron chi connectivity index (χ4n) is 3.99. The first-order valence-electron chi connectivity index (χ1n) is 10.5. The predicted octanol–water partition coefficient (Wildman–Crippen LogP) is 5.03. The third-order valence-electron chi connectivity index (χ3n) is 5.69. The molecule has 0 spiro atoms. The maximum atomic E-state index is 12.9. The summed E-state index contributed by atoms with van der Waals surface area (Å²) in [6, 6.07) is 17.4. The molecule has 7 nitrogen and oxygen atoms in total. The van der Waals surface area contributed by atoms with Crippen LogP contribution in [-0.4, -0.2) is 30.5 Å².